The molecule has 2 aromatic heterocycles. The maximum Gasteiger partial charge on any atom is 0.291 e. The Morgan fingerprint density at radius 1 is 0.909 bits per heavy atom. The lowest BCUT2D eigenvalue weighted by molar-refractivity contribution is 0.0996. The van der Waals surface area contributed by atoms with Crippen LogP contribution in [-0.2, 0) is 0 Å². The molecule has 1 fully saturated rings. The largest absolute Gasteiger partial charge is 0.459 e. The predicted molar refractivity (Wildman–Crippen MR) is 131 cm³/mol. The number of nitrogens with zero attached hydrogens (tertiary/aromatic N) is 1. The Kier molecular flexibility index (Phi) is 6.05. The zero-order chi connectivity index (χ0) is 22.8. The van der Waals surface area contributed by atoms with Gasteiger partial charge in [0.05, 0.1) is 18.0 Å². The number of fused-ring (bicyclic) bond motifs is 1. The third-order valence-corrected chi connectivity index (χ3v) is 6.53. The van der Waals surface area contributed by atoms with Crippen LogP contribution in [0.2, 0.25) is 0 Å². The van der Waals surface area contributed by atoms with Crippen molar-refractivity contribution in [1.82, 2.24) is 4.90 Å². The van der Waals surface area contributed by atoms with Gasteiger partial charge in [-0.25, -0.2) is 0 Å². The predicted octanol–water partition coefficient (Wildman–Crippen LogP) is 6.98. The number of benzene rings is 2. The average molecular weight is 443 g/mol. The summed E-state index contributed by atoms with van der Waals surface area (Å²) >= 11 is 0. The van der Waals surface area contributed by atoms with Gasteiger partial charge in [-0.3, -0.25) is 9.69 Å². The Morgan fingerprint density at radius 2 is 1.64 bits per heavy atom. The second-order valence-electron chi connectivity index (χ2n) is 9.09. The maximum atomic E-state index is 13.0. The van der Waals surface area contributed by atoms with E-state index >= 15 is 0 Å². The summed E-state index contributed by atoms with van der Waals surface area (Å²) in [7, 11) is 0. The van der Waals surface area contributed by atoms with Crippen molar-refractivity contribution in [3.63, 3.8) is 0 Å². The number of carbonyl (C=O) groups excluding carboxylic acids is 1. The number of rotatable bonds is 6. The highest BCUT2D eigenvalue weighted by Gasteiger charge is 2.31. The van der Waals surface area contributed by atoms with Crippen molar-refractivity contribution in [2.75, 3.05) is 18.4 Å². The van der Waals surface area contributed by atoms with Crippen LogP contribution in [0.1, 0.15) is 72.5 Å². The molecule has 1 unspecified atom stereocenters. The van der Waals surface area contributed by atoms with Gasteiger partial charge in [-0.05, 0) is 67.2 Å². The number of amides is 1. The molecule has 1 atom stereocenters. The van der Waals surface area contributed by atoms with Gasteiger partial charge < -0.3 is 14.2 Å². The number of furan rings is 2. The highest BCUT2D eigenvalue weighted by Crippen LogP contribution is 2.41. The lowest BCUT2D eigenvalue weighted by Gasteiger charge is -2.34. The van der Waals surface area contributed by atoms with Crippen LogP contribution in [0.3, 0.4) is 0 Å². The molecule has 0 aliphatic carbocycles. The maximum absolute atomic E-state index is 13.0. The van der Waals surface area contributed by atoms with Crippen molar-refractivity contribution in [3.8, 4) is 0 Å². The molecule has 3 heterocycles. The van der Waals surface area contributed by atoms with Gasteiger partial charge >= 0.3 is 0 Å². The molecule has 1 saturated heterocycles. The van der Waals surface area contributed by atoms with E-state index in [1.54, 1.807) is 12.1 Å². The molecule has 4 aromatic rings. The number of hydrogen-bond acceptors (Lipinski definition) is 4. The van der Waals surface area contributed by atoms with Gasteiger partial charge in [0.1, 0.15) is 11.3 Å². The summed E-state index contributed by atoms with van der Waals surface area (Å²) in [6.07, 6.45) is 5.08. The Bertz CT molecular complexity index is 1220. The van der Waals surface area contributed by atoms with Crippen molar-refractivity contribution in [2.45, 2.75) is 45.1 Å². The minimum atomic E-state index is -0.277. The highest BCUT2D eigenvalue weighted by atomic mass is 16.3. The minimum Gasteiger partial charge on any atom is -0.459 e. The molecule has 33 heavy (non-hydrogen) atoms. The Labute approximate surface area is 194 Å². The monoisotopic (exact) mass is 442 g/mol. The SMILES string of the molecule is CC(C)c1ccc(C(c2oc3ccccc3c2NC(=O)c2ccco2)N2CCCCC2)cc1. The molecule has 0 saturated carbocycles. The van der Waals surface area contributed by atoms with Crippen LogP contribution in [-0.4, -0.2) is 23.9 Å². The first-order chi connectivity index (χ1) is 16.1. The standard InChI is InChI=1S/C28H30N2O3/c1-19(2)20-12-14-21(15-13-20)26(30-16-6-3-7-17-30)27-25(22-9-4-5-10-23(22)33-27)29-28(31)24-11-8-18-32-24/h4-5,8-15,18-19,26H,3,6-7,16-17H2,1-2H3,(H,29,31). The molecule has 0 spiro atoms. The molecule has 1 aliphatic rings. The quantitative estimate of drug-likeness (QED) is 0.350. The van der Waals surface area contributed by atoms with Crippen LogP contribution in [0, 0.1) is 0 Å². The summed E-state index contributed by atoms with van der Waals surface area (Å²) in [6, 6.07) is 20.0. The molecule has 0 radical (unpaired) electrons. The normalized spacial score (nSPS) is 15.7. The molecule has 1 aliphatic heterocycles. The summed E-state index contributed by atoms with van der Waals surface area (Å²) in [5.74, 6) is 1.25. The first-order valence-corrected chi connectivity index (χ1v) is 11.8. The molecule has 5 nitrogen and oxygen atoms in total. The van der Waals surface area contributed by atoms with Gasteiger partial charge in [-0.15, -0.1) is 0 Å². The first kappa shape index (κ1) is 21.5. The van der Waals surface area contributed by atoms with E-state index < -0.39 is 0 Å². The summed E-state index contributed by atoms with van der Waals surface area (Å²) in [5, 5.41) is 4.00. The van der Waals surface area contributed by atoms with Crippen LogP contribution in [0.15, 0.2) is 75.8 Å². The van der Waals surface area contributed by atoms with E-state index in [4.69, 9.17) is 8.83 Å². The van der Waals surface area contributed by atoms with Gasteiger partial charge in [0.2, 0.25) is 0 Å². The summed E-state index contributed by atoms with van der Waals surface area (Å²) in [5.41, 5.74) is 3.97. The van der Waals surface area contributed by atoms with E-state index in [2.05, 4.69) is 48.3 Å². The number of para-hydroxylation sites is 1. The second kappa shape index (κ2) is 9.28. The summed E-state index contributed by atoms with van der Waals surface area (Å²) in [6.45, 7) is 6.41. The Morgan fingerprint density at radius 3 is 2.33 bits per heavy atom. The highest BCUT2D eigenvalue weighted by molar-refractivity contribution is 6.08. The van der Waals surface area contributed by atoms with Gasteiger partial charge in [-0.1, -0.05) is 56.7 Å². The van der Waals surface area contributed by atoms with E-state index in [0.29, 0.717) is 5.92 Å². The van der Waals surface area contributed by atoms with Crippen molar-refractivity contribution >= 4 is 22.6 Å². The fourth-order valence-electron chi connectivity index (χ4n) is 4.74. The zero-order valence-electron chi connectivity index (χ0n) is 19.2. The minimum absolute atomic E-state index is 0.0780. The van der Waals surface area contributed by atoms with E-state index in [1.165, 1.54) is 23.8 Å². The van der Waals surface area contributed by atoms with Crippen LogP contribution < -0.4 is 5.32 Å². The average Bonchev–Trinajstić information content (AvgIpc) is 3.50. The van der Waals surface area contributed by atoms with Crippen LogP contribution in [0.5, 0.6) is 0 Å². The molecular formula is C28H30N2O3. The Hall–Kier alpha value is -3.31. The van der Waals surface area contributed by atoms with Crippen molar-refractivity contribution < 1.29 is 13.6 Å². The number of carbonyl (C=O) groups is 1. The number of hydrogen-bond donors (Lipinski definition) is 1. The Balaban J connectivity index is 1.62. The van der Waals surface area contributed by atoms with Crippen molar-refractivity contribution in [1.29, 1.82) is 0 Å². The third kappa shape index (κ3) is 4.33. The molecule has 1 N–H and O–H groups in total. The first-order valence-electron chi connectivity index (χ1n) is 11.8. The van der Waals surface area contributed by atoms with Gasteiger partial charge in [0.15, 0.2) is 5.76 Å². The lowest BCUT2D eigenvalue weighted by Crippen LogP contribution is -2.34. The fourth-order valence-corrected chi connectivity index (χ4v) is 4.74. The zero-order valence-corrected chi connectivity index (χ0v) is 19.2. The number of nitrogens with one attached hydrogen (secondary N) is 1. The van der Waals surface area contributed by atoms with Gasteiger partial charge in [0.25, 0.3) is 5.91 Å². The third-order valence-electron chi connectivity index (χ3n) is 6.53. The second-order valence-corrected chi connectivity index (χ2v) is 9.09. The van der Waals surface area contributed by atoms with Gasteiger partial charge in [0, 0.05) is 5.39 Å². The number of piperidine rings is 1. The van der Waals surface area contributed by atoms with E-state index in [0.717, 1.165) is 48.3 Å². The number of anilines is 1. The van der Waals surface area contributed by atoms with Crippen LogP contribution in [0.25, 0.3) is 11.0 Å². The molecule has 5 rings (SSSR count). The smallest absolute Gasteiger partial charge is 0.291 e. The van der Waals surface area contributed by atoms with E-state index in [1.807, 2.05) is 24.3 Å². The molecule has 5 heteroatoms. The fraction of sp³-hybridized carbons (Fsp3) is 0.321. The van der Waals surface area contributed by atoms with Crippen molar-refractivity contribution in [2.24, 2.45) is 0 Å². The van der Waals surface area contributed by atoms with Crippen LogP contribution >= 0.6 is 0 Å². The van der Waals surface area contributed by atoms with Gasteiger partial charge in [-0.2, -0.15) is 0 Å². The molecular weight excluding hydrogens is 412 g/mol. The van der Waals surface area contributed by atoms with E-state index in [-0.39, 0.29) is 17.7 Å². The molecule has 0 bridgehead atoms. The van der Waals surface area contributed by atoms with Crippen LogP contribution in [0.4, 0.5) is 5.69 Å². The van der Waals surface area contributed by atoms with Crippen molar-refractivity contribution in [3.05, 3.63) is 89.6 Å². The molecule has 1 amide bonds. The number of likely N-dealkylation sites (tertiary alicyclic amines) is 1. The summed E-state index contributed by atoms with van der Waals surface area (Å²) < 4.78 is 11.8. The lowest BCUT2D eigenvalue weighted by atomic mass is 9.95. The molecule has 2 aromatic carbocycles. The van der Waals surface area contributed by atoms with E-state index in [9.17, 15) is 4.79 Å². The topological polar surface area (TPSA) is 58.6 Å². The molecule has 170 valence electrons. The summed E-state index contributed by atoms with van der Waals surface area (Å²) in [4.78, 5) is 15.4.